The fourth-order valence-electron chi connectivity index (χ4n) is 4.62. The van der Waals surface area contributed by atoms with E-state index in [9.17, 15) is 0 Å². The molecular formula is C19H29N3. The molecule has 0 amide bonds. The second-order valence-electron chi connectivity index (χ2n) is 7.27. The van der Waals surface area contributed by atoms with Crippen LogP contribution in [0.3, 0.4) is 0 Å². The Labute approximate surface area is 134 Å². The van der Waals surface area contributed by atoms with Gasteiger partial charge in [0.1, 0.15) is 0 Å². The molecule has 120 valence electrons. The molecule has 0 unspecified atom stereocenters. The standard InChI is InChI=1S/C19H29N3/c1-2-14-22-18(3-1)8-9-19(22)15-4-6-16(7-5-15)21-17-10-12-20-13-11-17/h4-7,17-21H,1-3,8-14H2/t18-,19-/m0/s1. The summed E-state index contributed by atoms with van der Waals surface area (Å²) in [5.41, 5.74) is 2.82. The summed E-state index contributed by atoms with van der Waals surface area (Å²) in [7, 11) is 0. The molecule has 4 rings (SSSR count). The first-order valence-corrected chi connectivity index (χ1v) is 9.23. The van der Waals surface area contributed by atoms with Gasteiger partial charge in [0.25, 0.3) is 0 Å². The number of hydrogen-bond acceptors (Lipinski definition) is 3. The van der Waals surface area contributed by atoms with Crippen LogP contribution in [-0.2, 0) is 0 Å². The van der Waals surface area contributed by atoms with E-state index in [1.165, 1.54) is 62.7 Å². The van der Waals surface area contributed by atoms with Crippen LogP contribution in [0.25, 0.3) is 0 Å². The SMILES string of the molecule is c1cc([C@@H]2CC[C@@H]3CCCCN32)ccc1NC1CCNCC1. The summed E-state index contributed by atoms with van der Waals surface area (Å²) >= 11 is 0. The maximum absolute atomic E-state index is 3.70. The predicted octanol–water partition coefficient (Wildman–Crippen LogP) is 3.54. The number of fused-ring (bicyclic) bond motifs is 1. The molecular weight excluding hydrogens is 270 g/mol. The zero-order chi connectivity index (χ0) is 14.8. The zero-order valence-electron chi connectivity index (χ0n) is 13.6. The quantitative estimate of drug-likeness (QED) is 0.894. The molecule has 1 aromatic carbocycles. The Kier molecular flexibility index (Phi) is 4.35. The lowest BCUT2D eigenvalue weighted by Gasteiger charge is -2.34. The molecule has 2 atom stereocenters. The van der Waals surface area contributed by atoms with E-state index in [-0.39, 0.29) is 0 Å². The Bertz CT molecular complexity index is 478. The van der Waals surface area contributed by atoms with E-state index in [2.05, 4.69) is 39.8 Å². The van der Waals surface area contributed by atoms with Gasteiger partial charge in [-0.05, 0) is 75.9 Å². The van der Waals surface area contributed by atoms with Gasteiger partial charge in [0, 0.05) is 23.8 Å². The molecule has 0 spiro atoms. The van der Waals surface area contributed by atoms with Crippen LogP contribution >= 0.6 is 0 Å². The van der Waals surface area contributed by atoms with Crippen molar-refractivity contribution in [3.05, 3.63) is 29.8 Å². The summed E-state index contributed by atoms with van der Waals surface area (Å²) in [5, 5.41) is 7.13. The maximum atomic E-state index is 3.70. The van der Waals surface area contributed by atoms with Crippen molar-refractivity contribution in [1.29, 1.82) is 0 Å². The summed E-state index contributed by atoms with van der Waals surface area (Å²) in [5.74, 6) is 0. The van der Waals surface area contributed by atoms with E-state index in [4.69, 9.17) is 0 Å². The second-order valence-corrected chi connectivity index (χ2v) is 7.27. The third kappa shape index (κ3) is 3.02. The highest BCUT2D eigenvalue weighted by Crippen LogP contribution is 2.40. The van der Waals surface area contributed by atoms with Crippen LogP contribution < -0.4 is 10.6 Å². The van der Waals surface area contributed by atoms with E-state index in [1.807, 2.05) is 0 Å². The van der Waals surface area contributed by atoms with Gasteiger partial charge in [-0.15, -0.1) is 0 Å². The van der Waals surface area contributed by atoms with Gasteiger partial charge in [0.05, 0.1) is 0 Å². The zero-order valence-corrected chi connectivity index (χ0v) is 13.6. The second kappa shape index (κ2) is 6.59. The van der Waals surface area contributed by atoms with Crippen LogP contribution in [0.5, 0.6) is 0 Å². The summed E-state index contributed by atoms with van der Waals surface area (Å²) in [4.78, 5) is 2.78. The van der Waals surface area contributed by atoms with E-state index >= 15 is 0 Å². The normalized spacial score (nSPS) is 30.2. The Morgan fingerprint density at radius 1 is 0.909 bits per heavy atom. The molecule has 0 radical (unpaired) electrons. The van der Waals surface area contributed by atoms with E-state index in [0.717, 1.165) is 19.1 Å². The minimum absolute atomic E-state index is 0.644. The molecule has 3 aliphatic heterocycles. The van der Waals surface area contributed by atoms with E-state index < -0.39 is 0 Å². The minimum atomic E-state index is 0.644. The van der Waals surface area contributed by atoms with Crippen LogP contribution in [0.2, 0.25) is 0 Å². The number of anilines is 1. The molecule has 1 aromatic rings. The van der Waals surface area contributed by atoms with Gasteiger partial charge in [0.15, 0.2) is 0 Å². The van der Waals surface area contributed by atoms with Crippen LogP contribution in [0.1, 0.15) is 56.6 Å². The highest BCUT2D eigenvalue weighted by Gasteiger charge is 2.35. The van der Waals surface area contributed by atoms with Crippen LogP contribution in [-0.4, -0.2) is 36.6 Å². The Hall–Kier alpha value is -1.06. The fraction of sp³-hybridized carbons (Fsp3) is 0.684. The van der Waals surface area contributed by atoms with Crippen molar-refractivity contribution in [2.75, 3.05) is 25.0 Å². The summed E-state index contributed by atoms with van der Waals surface area (Å²) in [6.07, 6.45) is 9.48. The number of benzene rings is 1. The molecule has 3 heteroatoms. The topological polar surface area (TPSA) is 27.3 Å². The first-order chi connectivity index (χ1) is 10.9. The molecule has 3 fully saturated rings. The van der Waals surface area contributed by atoms with Crippen molar-refractivity contribution in [2.24, 2.45) is 0 Å². The highest BCUT2D eigenvalue weighted by molar-refractivity contribution is 5.46. The summed E-state index contributed by atoms with van der Waals surface area (Å²) in [6.45, 7) is 3.60. The molecule has 0 aromatic heterocycles. The highest BCUT2D eigenvalue weighted by atomic mass is 15.2. The molecule has 0 bridgehead atoms. The van der Waals surface area contributed by atoms with Crippen molar-refractivity contribution >= 4 is 5.69 Å². The van der Waals surface area contributed by atoms with Crippen LogP contribution in [0.4, 0.5) is 5.69 Å². The number of hydrogen-bond donors (Lipinski definition) is 2. The molecule has 3 aliphatic rings. The van der Waals surface area contributed by atoms with Gasteiger partial charge in [-0.1, -0.05) is 18.6 Å². The largest absolute Gasteiger partial charge is 0.382 e. The third-order valence-electron chi connectivity index (χ3n) is 5.85. The molecule has 0 aliphatic carbocycles. The number of piperidine rings is 2. The maximum Gasteiger partial charge on any atom is 0.0351 e. The Morgan fingerprint density at radius 2 is 1.73 bits per heavy atom. The minimum Gasteiger partial charge on any atom is -0.382 e. The predicted molar refractivity (Wildman–Crippen MR) is 92.3 cm³/mol. The van der Waals surface area contributed by atoms with Gasteiger partial charge in [-0.3, -0.25) is 4.90 Å². The van der Waals surface area contributed by atoms with Crippen molar-refractivity contribution < 1.29 is 0 Å². The molecule has 3 heterocycles. The molecule has 3 saturated heterocycles. The number of nitrogens with one attached hydrogen (secondary N) is 2. The summed E-state index contributed by atoms with van der Waals surface area (Å²) in [6, 6.07) is 11.5. The van der Waals surface area contributed by atoms with Crippen LogP contribution in [0, 0.1) is 0 Å². The van der Waals surface area contributed by atoms with Gasteiger partial charge >= 0.3 is 0 Å². The number of rotatable bonds is 3. The summed E-state index contributed by atoms with van der Waals surface area (Å²) < 4.78 is 0. The lowest BCUT2D eigenvalue weighted by molar-refractivity contribution is 0.150. The fourth-order valence-corrected chi connectivity index (χ4v) is 4.62. The van der Waals surface area contributed by atoms with Gasteiger partial charge in [-0.25, -0.2) is 0 Å². The van der Waals surface area contributed by atoms with Crippen molar-refractivity contribution in [1.82, 2.24) is 10.2 Å². The van der Waals surface area contributed by atoms with Crippen molar-refractivity contribution in [3.63, 3.8) is 0 Å². The lowest BCUT2D eigenvalue weighted by atomic mass is 10.0. The lowest BCUT2D eigenvalue weighted by Crippen LogP contribution is -2.36. The monoisotopic (exact) mass is 299 g/mol. The molecule has 2 N–H and O–H groups in total. The van der Waals surface area contributed by atoms with Gasteiger partial charge in [-0.2, -0.15) is 0 Å². The molecule has 0 saturated carbocycles. The van der Waals surface area contributed by atoms with E-state index in [1.54, 1.807) is 0 Å². The average Bonchev–Trinajstić information content (AvgIpc) is 3.01. The smallest absolute Gasteiger partial charge is 0.0351 e. The average molecular weight is 299 g/mol. The molecule has 3 nitrogen and oxygen atoms in total. The van der Waals surface area contributed by atoms with Crippen molar-refractivity contribution in [3.8, 4) is 0 Å². The van der Waals surface area contributed by atoms with Gasteiger partial charge in [0.2, 0.25) is 0 Å². The van der Waals surface area contributed by atoms with Crippen molar-refractivity contribution in [2.45, 2.75) is 63.1 Å². The third-order valence-corrected chi connectivity index (χ3v) is 5.85. The first-order valence-electron chi connectivity index (χ1n) is 9.23. The van der Waals surface area contributed by atoms with E-state index in [0.29, 0.717) is 12.1 Å². The van der Waals surface area contributed by atoms with Crippen LogP contribution in [0.15, 0.2) is 24.3 Å². The van der Waals surface area contributed by atoms with Gasteiger partial charge < -0.3 is 10.6 Å². The number of nitrogens with zero attached hydrogens (tertiary/aromatic N) is 1. The first kappa shape index (κ1) is 14.5. The Balaban J connectivity index is 1.41. The molecule has 22 heavy (non-hydrogen) atoms. The Morgan fingerprint density at radius 3 is 2.55 bits per heavy atom.